The number of carbonyl (C=O) groups is 1. The zero-order valence-corrected chi connectivity index (χ0v) is 11.0. The summed E-state index contributed by atoms with van der Waals surface area (Å²) >= 11 is 0. The van der Waals surface area contributed by atoms with Crippen LogP contribution in [0.3, 0.4) is 0 Å². The lowest BCUT2D eigenvalue weighted by atomic mass is 10.1. The molecular weight excluding hydrogens is 250 g/mol. The third kappa shape index (κ3) is 4.18. The van der Waals surface area contributed by atoms with Gasteiger partial charge in [0.2, 0.25) is 0 Å². The summed E-state index contributed by atoms with van der Waals surface area (Å²) in [7, 11) is 0. The van der Waals surface area contributed by atoms with Gasteiger partial charge in [0.05, 0.1) is 0 Å². The molecule has 3 heteroatoms. The third-order valence-electron chi connectivity index (χ3n) is 2.82. The number of carboxylic acids is 1. The maximum atomic E-state index is 10.5. The summed E-state index contributed by atoms with van der Waals surface area (Å²) in [5.74, 6) is 5.32. The van der Waals surface area contributed by atoms with E-state index in [9.17, 15) is 4.79 Å². The Labute approximate surface area is 118 Å². The van der Waals surface area contributed by atoms with Gasteiger partial charge in [0.15, 0.2) is 0 Å². The Balaban J connectivity index is 2.06. The fraction of sp³-hybridized carbons (Fsp3) is 0.118. The molecule has 0 aliphatic rings. The molecule has 0 bridgehead atoms. The van der Waals surface area contributed by atoms with Crippen molar-refractivity contribution in [2.45, 2.75) is 12.8 Å². The van der Waals surface area contributed by atoms with Crippen molar-refractivity contribution in [3.8, 4) is 11.8 Å². The minimum atomic E-state index is -0.782. The number of aryl methyl sites for hydroxylation is 1. The zero-order chi connectivity index (χ0) is 14.4. The summed E-state index contributed by atoms with van der Waals surface area (Å²) in [5.41, 5.74) is 9.16. The number of anilines is 1. The number of hydrogen-bond donors (Lipinski definition) is 2. The predicted octanol–water partition coefficient (Wildman–Crippen LogP) is 2.69. The lowest BCUT2D eigenvalue weighted by Gasteiger charge is -1.98. The number of benzene rings is 2. The van der Waals surface area contributed by atoms with Crippen molar-refractivity contribution < 1.29 is 9.90 Å². The summed E-state index contributed by atoms with van der Waals surface area (Å²) < 4.78 is 0. The quantitative estimate of drug-likeness (QED) is 0.662. The van der Waals surface area contributed by atoms with Crippen LogP contribution in [-0.4, -0.2) is 11.1 Å². The van der Waals surface area contributed by atoms with E-state index in [1.54, 1.807) is 0 Å². The Morgan fingerprint density at radius 3 is 2.40 bits per heavy atom. The van der Waals surface area contributed by atoms with Crippen molar-refractivity contribution in [1.82, 2.24) is 0 Å². The van der Waals surface area contributed by atoms with Crippen molar-refractivity contribution >= 4 is 11.7 Å². The van der Waals surface area contributed by atoms with Gasteiger partial charge in [-0.2, -0.15) is 0 Å². The van der Waals surface area contributed by atoms with Crippen LogP contribution in [-0.2, 0) is 11.2 Å². The van der Waals surface area contributed by atoms with Crippen LogP contribution < -0.4 is 5.73 Å². The Morgan fingerprint density at radius 1 is 1.05 bits per heavy atom. The van der Waals surface area contributed by atoms with E-state index in [2.05, 4.69) is 11.8 Å². The number of nitrogen functional groups attached to an aromatic ring is 1. The molecule has 2 rings (SSSR count). The number of nitrogens with two attached hydrogens (primary N) is 1. The van der Waals surface area contributed by atoms with Gasteiger partial charge in [0, 0.05) is 23.2 Å². The first-order valence-electron chi connectivity index (χ1n) is 6.32. The van der Waals surface area contributed by atoms with Crippen molar-refractivity contribution in [1.29, 1.82) is 0 Å². The molecule has 3 N–H and O–H groups in total. The molecule has 2 aromatic carbocycles. The van der Waals surface area contributed by atoms with Crippen LogP contribution in [0.4, 0.5) is 5.69 Å². The van der Waals surface area contributed by atoms with E-state index in [0.29, 0.717) is 12.1 Å². The topological polar surface area (TPSA) is 63.3 Å². The molecule has 0 aliphatic heterocycles. The summed E-state index contributed by atoms with van der Waals surface area (Å²) in [6.45, 7) is 0. The molecule has 0 saturated carbocycles. The second kappa shape index (κ2) is 6.44. The molecule has 0 fully saturated rings. The van der Waals surface area contributed by atoms with Crippen molar-refractivity contribution in [3.05, 3.63) is 65.2 Å². The van der Waals surface area contributed by atoms with Crippen molar-refractivity contribution in [2.24, 2.45) is 0 Å². The van der Waals surface area contributed by atoms with Crippen LogP contribution >= 0.6 is 0 Å². The van der Waals surface area contributed by atoms with Crippen LogP contribution in [0.5, 0.6) is 0 Å². The molecule has 0 unspecified atom stereocenters. The molecule has 0 aliphatic carbocycles. The summed E-state index contributed by atoms with van der Waals surface area (Å²) in [6, 6.07) is 15.0. The molecule has 0 amide bonds. The van der Waals surface area contributed by atoms with Gasteiger partial charge in [-0.15, -0.1) is 0 Å². The predicted molar refractivity (Wildman–Crippen MR) is 79.2 cm³/mol. The molecule has 100 valence electrons. The molecule has 0 radical (unpaired) electrons. The lowest BCUT2D eigenvalue weighted by Crippen LogP contribution is -1.97. The van der Waals surface area contributed by atoms with Gasteiger partial charge < -0.3 is 10.8 Å². The Bertz CT molecular complexity index is 663. The van der Waals surface area contributed by atoms with Gasteiger partial charge in [-0.3, -0.25) is 4.79 Å². The molecule has 3 nitrogen and oxygen atoms in total. The molecule has 0 aromatic heterocycles. The monoisotopic (exact) mass is 265 g/mol. The zero-order valence-electron chi connectivity index (χ0n) is 11.0. The van der Waals surface area contributed by atoms with E-state index in [4.69, 9.17) is 10.8 Å². The van der Waals surface area contributed by atoms with Gasteiger partial charge in [-0.05, 0) is 42.3 Å². The van der Waals surface area contributed by atoms with Crippen LogP contribution in [0, 0.1) is 11.8 Å². The molecular formula is C17H15NO2. The molecule has 0 spiro atoms. The van der Waals surface area contributed by atoms with E-state index in [0.717, 1.165) is 16.7 Å². The van der Waals surface area contributed by atoms with Crippen LogP contribution in [0.15, 0.2) is 48.5 Å². The van der Waals surface area contributed by atoms with Crippen molar-refractivity contribution in [2.75, 3.05) is 5.73 Å². The highest BCUT2D eigenvalue weighted by molar-refractivity contribution is 5.67. The normalized spacial score (nSPS) is 9.60. The van der Waals surface area contributed by atoms with E-state index in [1.165, 1.54) is 0 Å². The highest BCUT2D eigenvalue weighted by Crippen LogP contribution is 2.08. The van der Waals surface area contributed by atoms with Crippen LogP contribution in [0.25, 0.3) is 0 Å². The molecule has 2 aromatic rings. The van der Waals surface area contributed by atoms with Gasteiger partial charge >= 0.3 is 5.97 Å². The van der Waals surface area contributed by atoms with Crippen LogP contribution in [0.2, 0.25) is 0 Å². The Hall–Kier alpha value is -2.73. The van der Waals surface area contributed by atoms with Gasteiger partial charge in [-0.25, -0.2) is 0 Å². The smallest absolute Gasteiger partial charge is 0.303 e. The fourth-order valence-electron chi connectivity index (χ4n) is 1.77. The number of rotatable bonds is 3. The summed E-state index contributed by atoms with van der Waals surface area (Å²) in [5, 5.41) is 8.63. The summed E-state index contributed by atoms with van der Waals surface area (Å²) in [4.78, 5) is 10.5. The maximum Gasteiger partial charge on any atom is 0.303 e. The minimum absolute atomic E-state index is 0.147. The number of carboxylic acid groups (broad SMARTS) is 1. The lowest BCUT2D eigenvalue weighted by molar-refractivity contribution is -0.136. The molecule has 20 heavy (non-hydrogen) atoms. The highest BCUT2D eigenvalue weighted by atomic mass is 16.4. The first-order valence-corrected chi connectivity index (χ1v) is 6.32. The number of hydrogen-bond acceptors (Lipinski definition) is 2. The second-order valence-electron chi connectivity index (χ2n) is 4.47. The molecule has 0 heterocycles. The summed E-state index contributed by atoms with van der Waals surface area (Å²) in [6.07, 6.45) is 0.687. The van der Waals surface area contributed by atoms with E-state index < -0.39 is 5.97 Å². The Kier molecular flexibility index (Phi) is 4.41. The van der Waals surface area contributed by atoms with Crippen LogP contribution in [0.1, 0.15) is 23.1 Å². The largest absolute Gasteiger partial charge is 0.481 e. The average molecular weight is 265 g/mol. The van der Waals surface area contributed by atoms with E-state index in [1.807, 2.05) is 48.5 Å². The highest BCUT2D eigenvalue weighted by Gasteiger charge is 1.98. The first kappa shape index (κ1) is 13.7. The van der Waals surface area contributed by atoms with Crippen molar-refractivity contribution in [3.63, 3.8) is 0 Å². The minimum Gasteiger partial charge on any atom is -0.481 e. The second-order valence-corrected chi connectivity index (χ2v) is 4.47. The fourth-order valence-corrected chi connectivity index (χ4v) is 1.77. The standard InChI is InChI=1S/C17H15NO2/c18-16-3-1-2-15(12-16)9-8-13-4-6-14(7-5-13)10-11-17(19)20/h1-7,12H,10-11,18H2,(H,19,20). The number of aliphatic carboxylic acids is 1. The third-order valence-corrected chi connectivity index (χ3v) is 2.82. The first-order chi connectivity index (χ1) is 9.63. The van der Waals surface area contributed by atoms with Gasteiger partial charge in [-0.1, -0.05) is 30.0 Å². The van der Waals surface area contributed by atoms with Gasteiger partial charge in [0.25, 0.3) is 0 Å². The van der Waals surface area contributed by atoms with E-state index >= 15 is 0 Å². The van der Waals surface area contributed by atoms with E-state index in [-0.39, 0.29) is 6.42 Å². The SMILES string of the molecule is Nc1cccc(C#Cc2ccc(CCC(=O)O)cc2)c1. The van der Waals surface area contributed by atoms with Gasteiger partial charge in [0.1, 0.15) is 0 Å². The maximum absolute atomic E-state index is 10.5. The average Bonchev–Trinajstić information content (AvgIpc) is 2.44. The molecule has 0 atom stereocenters. The molecule has 0 saturated heterocycles. The Morgan fingerprint density at radius 2 is 1.75 bits per heavy atom.